The molecule has 0 aromatic heterocycles. The summed E-state index contributed by atoms with van der Waals surface area (Å²) in [4.78, 5) is 21.6. The van der Waals surface area contributed by atoms with Crippen LogP contribution in [0.5, 0.6) is 0 Å². The summed E-state index contributed by atoms with van der Waals surface area (Å²) >= 11 is 1.55. The minimum atomic E-state index is -0.981. The van der Waals surface area contributed by atoms with Gasteiger partial charge < -0.3 is 15.2 Å². The van der Waals surface area contributed by atoms with Gasteiger partial charge in [0, 0.05) is 19.3 Å². The average molecular weight is 247 g/mol. The number of aliphatic carboxylic acids is 1. The second-order valence-corrected chi connectivity index (χ2v) is 4.93. The molecule has 0 saturated carbocycles. The van der Waals surface area contributed by atoms with Gasteiger partial charge in [-0.05, 0) is 18.1 Å². The molecule has 92 valence electrons. The Kier molecular flexibility index (Phi) is 5.62. The molecule has 0 aromatic carbocycles. The zero-order valence-corrected chi connectivity index (χ0v) is 10.1. The number of carboxylic acid groups (broad SMARTS) is 1. The molecule has 1 aliphatic heterocycles. The van der Waals surface area contributed by atoms with Gasteiger partial charge in [-0.1, -0.05) is 0 Å². The lowest BCUT2D eigenvalue weighted by atomic mass is 10.2. The van der Waals surface area contributed by atoms with E-state index in [1.54, 1.807) is 11.8 Å². The molecule has 16 heavy (non-hydrogen) atoms. The summed E-state index contributed by atoms with van der Waals surface area (Å²) in [5.41, 5.74) is 0. The molecule has 2 N–H and O–H groups in total. The highest BCUT2D eigenvalue weighted by atomic mass is 32.2. The van der Waals surface area contributed by atoms with Crippen molar-refractivity contribution in [3.05, 3.63) is 0 Å². The number of amides is 1. The molecule has 1 amide bonds. The molecule has 1 rings (SSSR count). The molecule has 1 fully saturated rings. The third kappa shape index (κ3) is 4.85. The van der Waals surface area contributed by atoms with Crippen LogP contribution in [0.15, 0.2) is 0 Å². The maximum Gasteiger partial charge on any atom is 0.327 e. The first-order valence-electron chi connectivity index (χ1n) is 5.25. The minimum absolute atomic E-state index is 0.308. The number of ether oxygens (including phenoxy) is 1. The number of hydrogen-bond acceptors (Lipinski definition) is 4. The van der Waals surface area contributed by atoms with Crippen LogP contribution in [0.25, 0.3) is 0 Å². The first kappa shape index (κ1) is 13.3. The van der Waals surface area contributed by atoms with E-state index in [-0.39, 0.29) is 5.91 Å². The fraction of sp³-hybridized carbons (Fsp3) is 0.800. The van der Waals surface area contributed by atoms with Crippen molar-refractivity contribution >= 4 is 23.6 Å². The second kappa shape index (κ2) is 6.75. The van der Waals surface area contributed by atoms with Crippen LogP contribution < -0.4 is 5.32 Å². The van der Waals surface area contributed by atoms with Gasteiger partial charge in [0.1, 0.15) is 6.04 Å². The van der Waals surface area contributed by atoms with E-state index in [0.29, 0.717) is 11.7 Å². The van der Waals surface area contributed by atoms with Crippen LogP contribution in [0.1, 0.15) is 13.3 Å². The summed E-state index contributed by atoms with van der Waals surface area (Å²) in [5, 5.41) is 11.3. The molecule has 6 heteroatoms. The molecule has 0 aliphatic carbocycles. The predicted molar refractivity (Wildman–Crippen MR) is 61.5 cm³/mol. The van der Waals surface area contributed by atoms with E-state index in [1.165, 1.54) is 6.92 Å². The van der Waals surface area contributed by atoms with Gasteiger partial charge in [-0.15, -0.1) is 0 Å². The van der Waals surface area contributed by atoms with Gasteiger partial charge in [-0.3, -0.25) is 4.79 Å². The Hall–Kier alpha value is -0.750. The number of carbonyl (C=O) groups excluding carboxylic acids is 1. The van der Waals surface area contributed by atoms with Gasteiger partial charge in [0.15, 0.2) is 0 Å². The first-order chi connectivity index (χ1) is 7.59. The molecular formula is C10H17NO4S. The van der Waals surface area contributed by atoms with E-state index in [2.05, 4.69) is 5.32 Å². The molecule has 1 heterocycles. The van der Waals surface area contributed by atoms with Crippen LogP contribution in [-0.2, 0) is 14.3 Å². The lowest BCUT2D eigenvalue weighted by Crippen LogP contribution is -2.41. The van der Waals surface area contributed by atoms with Crippen LogP contribution in [0.3, 0.4) is 0 Å². The Morgan fingerprint density at radius 3 is 2.88 bits per heavy atom. The standard InChI is InChI=1S/C10H17NO4S/c1-7(12)11-9(10(13)14)6-16-5-8-2-3-15-4-8/h8-9H,2-6H2,1H3,(H,11,12)(H,13,14). The van der Waals surface area contributed by atoms with Gasteiger partial charge in [-0.2, -0.15) is 11.8 Å². The number of thioether (sulfide) groups is 1. The number of nitrogens with one attached hydrogen (secondary N) is 1. The van der Waals surface area contributed by atoms with Crippen molar-refractivity contribution in [3.63, 3.8) is 0 Å². The topological polar surface area (TPSA) is 75.6 Å². The SMILES string of the molecule is CC(=O)NC(CSCC1CCOC1)C(=O)O. The molecule has 1 aliphatic rings. The molecule has 0 spiro atoms. The summed E-state index contributed by atoms with van der Waals surface area (Å²) in [6.07, 6.45) is 1.05. The zero-order chi connectivity index (χ0) is 12.0. The summed E-state index contributed by atoms with van der Waals surface area (Å²) < 4.78 is 5.23. The number of hydrogen-bond donors (Lipinski definition) is 2. The maximum atomic E-state index is 10.8. The number of carbonyl (C=O) groups is 2. The Morgan fingerprint density at radius 2 is 2.38 bits per heavy atom. The molecular weight excluding hydrogens is 230 g/mol. The monoisotopic (exact) mass is 247 g/mol. The van der Waals surface area contributed by atoms with E-state index >= 15 is 0 Å². The third-order valence-electron chi connectivity index (χ3n) is 2.34. The summed E-state index contributed by atoms with van der Waals surface area (Å²) in [5.74, 6) is 0.536. The van der Waals surface area contributed by atoms with E-state index < -0.39 is 12.0 Å². The Bertz CT molecular complexity index is 253. The normalized spacial score (nSPS) is 21.7. The van der Waals surface area contributed by atoms with Crippen LogP contribution in [0, 0.1) is 5.92 Å². The molecule has 0 bridgehead atoms. The highest BCUT2D eigenvalue weighted by Gasteiger charge is 2.20. The third-order valence-corrected chi connectivity index (χ3v) is 3.61. The minimum Gasteiger partial charge on any atom is -0.480 e. The van der Waals surface area contributed by atoms with Crippen LogP contribution in [0.2, 0.25) is 0 Å². The first-order valence-corrected chi connectivity index (χ1v) is 6.40. The zero-order valence-electron chi connectivity index (χ0n) is 9.27. The van der Waals surface area contributed by atoms with Gasteiger partial charge in [0.05, 0.1) is 6.61 Å². The molecule has 5 nitrogen and oxygen atoms in total. The quantitative estimate of drug-likeness (QED) is 0.708. The van der Waals surface area contributed by atoms with Gasteiger partial charge in [-0.25, -0.2) is 4.79 Å². The van der Waals surface area contributed by atoms with Gasteiger partial charge in [0.2, 0.25) is 5.91 Å². The van der Waals surface area contributed by atoms with Crippen LogP contribution >= 0.6 is 11.8 Å². The molecule has 0 aromatic rings. The molecule has 2 unspecified atom stereocenters. The summed E-state index contributed by atoms with van der Waals surface area (Å²) in [6.45, 7) is 2.90. The van der Waals surface area contributed by atoms with Crippen molar-refractivity contribution in [2.24, 2.45) is 5.92 Å². The van der Waals surface area contributed by atoms with E-state index in [9.17, 15) is 9.59 Å². The highest BCUT2D eigenvalue weighted by Crippen LogP contribution is 2.18. The average Bonchev–Trinajstić information content (AvgIpc) is 2.68. The van der Waals surface area contributed by atoms with E-state index in [0.717, 1.165) is 25.4 Å². The largest absolute Gasteiger partial charge is 0.480 e. The molecule has 1 saturated heterocycles. The molecule has 0 radical (unpaired) electrons. The Morgan fingerprint density at radius 1 is 1.62 bits per heavy atom. The fourth-order valence-corrected chi connectivity index (χ4v) is 2.68. The van der Waals surface area contributed by atoms with Gasteiger partial charge in [0.25, 0.3) is 0 Å². The van der Waals surface area contributed by atoms with Crippen molar-refractivity contribution in [1.29, 1.82) is 0 Å². The van der Waals surface area contributed by atoms with Crippen molar-refractivity contribution in [1.82, 2.24) is 5.32 Å². The van der Waals surface area contributed by atoms with Crippen molar-refractivity contribution < 1.29 is 19.4 Å². The predicted octanol–water partition coefficient (Wildman–Crippen LogP) is 0.345. The van der Waals surface area contributed by atoms with Gasteiger partial charge >= 0.3 is 5.97 Å². The summed E-state index contributed by atoms with van der Waals surface area (Å²) in [7, 11) is 0. The number of rotatable bonds is 6. The van der Waals surface area contributed by atoms with Crippen molar-refractivity contribution in [2.45, 2.75) is 19.4 Å². The van der Waals surface area contributed by atoms with E-state index in [4.69, 9.17) is 9.84 Å². The number of carboxylic acids is 1. The lowest BCUT2D eigenvalue weighted by Gasteiger charge is -2.13. The Balaban J connectivity index is 2.21. The van der Waals surface area contributed by atoms with Crippen LogP contribution in [0.4, 0.5) is 0 Å². The molecule has 2 atom stereocenters. The second-order valence-electron chi connectivity index (χ2n) is 3.86. The van der Waals surface area contributed by atoms with E-state index in [1.807, 2.05) is 0 Å². The maximum absolute atomic E-state index is 10.8. The smallest absolute Gasteiger partial charge is 0.327 e. The highest BCUT2D eigenvalue weighted by molar-refractivity contribution is 7.99. The lowest BCUT2D eigenvalue weighted by molar-refractivity contribution is -0.140. The summed E-state index contributed by atoms with van der Waals surface area (Å²) in [6, 6.07) is -0.787. The Labute approximate surface area is 98.9 Å². The van der Waals surface area contributed by atoms with Crippen LogP contribution in [-0.4, -0.2) is 47.7 Å². The van der Waals surface area contributed by atoms with Crippen molar-refractivity contribution in [3.8, 4) is 0 Å². The fourth-order valence-electron chi connectivity index (χ4n) is 1.49. The van der Waals surface area contributed by atoms with Crippen molar-refractivity contribution in [2.75, 3.05) is 24.7 Å².